The minimum Gasteiger partial charge on any atom is -0.322 e. The van der Waals surface area contributed by atoms with E-state index >= 15 is 0 Å². The predicted molar refractivity (Wildman–Crippen MR) is 119 cm³/mol. The molecule has 0 bridgehead atoms. The standard InChI is InChI=1S/C22H21N5O4S/c28-16(25-27-20(30)22(24-21(27)31)9-5-2-6-10-22)11-26-13-23-18-17(19(26)29)15(12-32-18)14-7-3-1-4-8-14/h1,3-4,7-8,12-13H,2,5-6,9-11H2,(H,24,31)(H,25,28). The van der Waals surface area contributed by atoms with Crippen LogP contribution in [0.4, 0.5) is 4.79 Å². The van der Waals surface area contributed by atoms with Crippen LogP contribution in [0.3, 0.4) is 0 Å². The fraction of sp³-hybridized carbons (Fsp3) is 0.318. The van der Waals surface area contributed by atoms with Gasteiger partial charge < -0.3 is 5.32 Å². The Morgan fingerprint density at radius 1 is 1.12 bits per heavy atom. The highest BCUT2D eigenvalue weighted by molar-refractivity contribution is 7.17. The van der Waals surface area contributed by atoms with Gasteiger partial charge in [-0.15, -0.1) is 11.3 Å². The van der Waals surface area contributed by atoms with Gasteiger partial charge in [-0.1, -0.05) is 49.6 Å². The third-order valence-corrected chi connectivity index (χ3v) is 6.95. The number of hydrazine groups is 1. The molecule has 0 atom stereocenters. The summed E-state index contributed by atoms with van der Waals surface area (Å²) in [6.07, 6.45) is 5.14. The fourth-order valence-electron chi connectivity index (χ4n) is 4.44. The van der Waals surface area contributed by atoms with Gasteiger partial charge in [-0.05, 0) is 18.4 Å². The van der Waals surface area contributed by atoms with Gasteiger partial charge in [0.1, 0.15) is 16.9 Å². The summed E-state index contributed by atoms with van der Waals surface area (Å²) in [6, 6.07) is 8.84. The van der Waals surface area contributed by atoms with Crippen LogP contribution in [-0.2, 0) is 16.1 Å². The highest BCUT2D eigenvalue weighted by Gasteiger charge is 2.52. The average Bonchev–Trinajstić information content (AvgIpc) is 3.33. The Bertz CT molecular complexity index is 1280. The van der Waals surface area contributed by atoms with E-state index < -0.39 is 23.4 Å². The van der Waals surface area contributed by atoms with Crippen LogP contribution in [0.15, 0.2) is 46.8 Å². The molecule has 10 heteroatoms. The number of benzene rings is 1. The molecular weight excluding hydrogens is 430 g/mol. The maximum absolute atomic E-state index is 13.1. The topological polar surface area (TPSA) is 113 Å². The van der Waals surface area contributed by atoms with E-state index in [2.05, 4.69) is 15.7 Å². The quantitative estimate of drug-likeness (QED) is 0.592. The van der Waals surface area contributed by atoms with E-state index in [1.54, 1.807) is 0 Å². The summed E-state index contributed by atoms with van der Waals surface area (Å²) < 4.78 is 1.19. The van der Waals surface area contributed by atoms with Gasteiger partial charge >= 0.3 is 6.03 Å². The molecule has 3 aromatic rings. The zero-order valence-corrected chi connectivity index (χ0v) is 18.0. The van der Waals surface area contributed by atoms with E-state index in [4.69, 9.17) is 0 Å². The molecular formula is C22H21N5O4S. The van der Waals surface area contributed by atoms with Gasteiger partial charge in [0.05, 0.1) is 11.7 Å². The lowest BCUT2D eigenvalue weighted by Gasteiger charge is -2.30. The van der Waals surface area contributed by atoms with Crippen molar-refractivity contribution in [2.24, 2.45) is 0 Å². The number of carbonyl (C=O) groups excluding carboxylic acids is 3. The van der Waals surface area contributed by atoms with Gasteiger partial charge in [0.2, 0.25) is 0 Å². The Hall–Kier alpha value is -3.53. The number of rotatable bonds is 4. The third kappa shape index (κ3) is 3.36. The third-order valence-electron chi connectivity index (χ3n) is 6.06. The first-order valence-electron chi connectivity index (χ1n) is 10.5. The molecule has 0 radical (unpaired) electrons. The van der Waals surface area contributed by atoms with E-state index in [1.165, 1.54) is 22.2 Å². The van der Waals surface area contributed by atoms with Gasteiger partial charge in [-0.25, -0.2) is 9.78 Å². The molecule has 32 heavy (non-hydrogen) atoms. The van der Waals surface area contributed by atoms with Crippen molar-refractivity contribution in [1.82, 2.24) is 25.3 Å². The molecule has 2 fully saturated rings. The molecule has 1 saturated heterocycles. The summed E-state index contributed by atoms with van der Waals surface area (Å²) >= 11 is 1.36. The Labute approximate surface area is 187 Å². The van der Waals surface area contributed by atoms with E-state index in [0.29, 0.717) is 23.1 Å². The van der Waals surface area contributed by atoms with Crippen molar-refractivity contribution >= 4 is 39.4 Å². The largest absolute Gasteiger partial charge is 0.344 e. The first-order chi connectivity index (χ1) is 15.5. The highest BCUT2D eigenvalue weighted by atomic mass is 32.1. The summed E-state index contributed by atoms with van der Waals surface area (Å²) in [7, 11) is 0. The molecule has 1 aromatic carbocycles. The summed E-state index contributed by atoms with van der Waals surface area (Å²) in [5.74, 6) is -1.10. The molecule has 0 unspecified atom stereocenters. The van der Waals surface area contributed by atoms with Crippen LogP contribution in [0.2, 0.25) is 0 Å². The van der Waals surface area contributed by atoms with Gasteiger partial charge in [0.25, 0.3) is 17.4 Å². The number of hydrogen-bond acceptors (Lipinski definition) is 6. The lowest BCUT2D eigenvalue weighted by atomic mass is 9.82. The van der Waals surface area contributed by atoms with Gasteiger partial charge in [0, 0.05) is 10.9 Å². The molecule has 5 rings (SSSR count). The Morgan fingerprint density at radius 3 is 2.62 bits per heavy atom. The summed E-state index contributed by atoms with van der Waals surface area (Å²) in [4.78, 5) is 55.8. The summed E-state index contributed by atoms with van der Waals surface area (Å²) in [5.41, 5.74) is 2.72. The van der Waals surface area contributed by atoms with Gasteiger partial charge in [-0.2, -0.15) is 5.01 Å². The second kappa shape index (κ2) is 7.86. The number of aromatic nitrogens is 2. The number of fused-ring (bicyclic) bond motifs is 1. The van der Waals surface area contributed by atoms with Gasteiger partial charge in [-0.3, -0.25) is 24.4 Å². The number of nitrogens with zero attached hydrogens (tertiary/aromatic N) is 3. The molecule has 164 valence electrons. The lowest BCUT2D eigenvalue weighted by Crippen LogP contribution is -2.51. The molecule has 9 nitrogen and oxygen atoms in total. The van der Waals surface area contributed by atoms with E-state index in [-0.39, 0.29) is 12.1 Å². The van der Waals surface area contributed by atoms with Crippen LogP contribution in [0.5, 0.6) is 0 Å². The number of carbonyl (C=O) groups is 3. The van der Waals surface area contributed by atoms with Crippen molar-refractivity contribution in [3.05, 3.63) is 52.4 Å². The normalized spacial score (nSPS) is 17.7. The molecule has 1 aliphatic carbocycles. The monoisotopic (exact) mass is 451 g/mol. The molecule has 2 aromatic heterocycles. The van der Waals surface area contributed by atoms with Crippen molar-refractivity contribution in [3.8, 4) is 11.1 Å². The van der Waals surface area contributed by atoms with Crippen molar-refractivity contribution in [3.63, 3.8) is 0 Å². The minimum atomic E-state index is -0.929. The molecule has 1 saturated carbocycles. The number of nitrogens with one attached hydrogen (secondary N) is 2. The molecule has 4 amide bonds. The zero-order valence-electron chi connectivity index (χ0n) is 17.2. The average molecular weight is 452 g/mol. The van der Waals surface area contributed by atoms with Gasteiger partial charge in [0.15, 0.2) is 0 Å². The lowest BCUT2D eigenvalue weighted by molar-refractivity contribution is -0.140. The smallest absolute Gasteiger partial charge is 0.322 e. The van der Waals surface area contributed by atoms with Crippen LogP contribution >= 0.6 is 11.3 Å². The van der Waals surface area contributed by atoms with Crippen LogP contribution in [0.1, 0.15) is 32.1 Å². The number of imide groups is 1. The van der Waals surface area contributed by atoms with Crippen LogP contribution < -0.4 is 16.3 Å². The number of urea groups is 1. The molecule has 1 aliphatic heterocycles. The first-order valence-corrected chi connectivity index (χ1v) is 11.3. The predicted octanol–water partition coefficient (Wildman–Crippen LogP) is 2.41. The fourth-order valence-corrected chi connectivity index (χ4v) is 5.35. The Kier molecular flexibility index (Phi) is 5.01. The summed E-state index contributed by atoms with van der Waals surface area (Å²) in [6.45, 7) is -0.365. The van der Waals surface area contributed by atoms with E-state index in [1.807, 2.05) is 35.7 Å². The first kappa shape index (κ1) is 20.4. The number of thiophene rings is 1. The van der Waals surface area contributed by atoms with Crippen LogP contribution in [0.25, 0.3) is 21.3 Å². The minimum absolute atomic E-state index is 0.355. The second-order valence-electron chi connectivity index (χ2n) is 8.12. The SMILES string of the molecule is O=C(Cn1cnc2scc(-c3ccccc3)c2c1=O)NN1C(=O)NC2(CCCCC2)C1=O. The molecule has 1 spiro atoms. The van der Waals surface area contributed by atoms with Crippen molar-refractivity contribution < 1.29 is 14.4 Å². The molecule has 2 N–H and O–H groups in total. The van der Waals surface area contributed by atoms with E-state index in [9.17, 15) is 19.2 Å². The van der Waals surface area contributed by atoms with Crippen molar-refractivity contribution in [2.45, 2.75) is 44.2 Å². The molecule has 2 aliphatic rings. The van der Waals surface area contributed by atoms with Crippen molar-refractivity contribution in [2.75, 3.05) is 0 Å². The van der Waals surface area contributed by atoms with Crippen molar-refractivity contribution in [1.29, 1.82) is 0 Å². The van der Waals surface area contributed by atoms with Crippen LogP contribution in [0, 0.1) is 0 Å². The maximum Gasteiger partial charge on any atom is 0.344 e. The maximum atomic E-state index is 13.1. The summed E-state index contributed by atoms with van der Waals surface area (Å²) in [5, 5.41) is 5.79. The number of hydrogen-bond donors (Lipinski definition) is 2. The second-order valence-corrected chi connectivity index (χ2v) is 8.98. The Morgan fingerprint density at radius 2 is 1.88 bits per heavy atom. The van der Waals surface area contributed by atoms with E-state index in [0.717, 1.165) is 35.4 Å². The van der Waals surface area contributed by atoms with Crippen LogP contribution in [-0.4, -0.2) is 37.9 Å². The zero-order chi connectivity index (χ0) is 22.3. The highest BCUT2D eigenvalue weighted by Crippen LogP contribution is 2.33. The molecule has 3 heterocycles. The number of amides is 4. The Balaban J connectivity index is 1.37.